The van der Waals surface area contributed by atoms with Crippen molar-refractivity contribution in [3.05, 3.63) is 52.8 Å². The topological polar surface area (TPSA) is 68.2 Å². The first kappa shape index (κ1) is 16.9. The summed E-state index contributed by atoms with van der Waals surface area (Å²) in [6.45, 7) is 6.49. The van der Waals surface area contributed by atoms with Crippen LogP contribution in [0.1, 0.15) is 35.4 Å². The van der Waals surface area contributed by atoms with Crippen LogP contribution in [0.4, 0.5) is 0 Å². The molecule has 1 atom stereocenters. The predicted octanol–water partition coefficient (Wildman–Crippen LogP) is 4.75. The second-order valence-corrected chi connectivity index (χ2v) is 7.50. The van der Waals surface area contributed by atoms with Gasteiger partial charge in [-0.05, 0) is 46.0 Å². The highest BCUT2D eigenvalue weighted by Crippen LogP contribution is 2.30. The van der Waals surface area contributed by atoms with Gasteiger partial charge in [-0.1, -0.05) is 12.1 Å². The van der Waals surface area contributed by atoms with E-state index in [2.05, 4.69) is 28.1 Å². The molecular formula is C19H20N4O2S. The van der Waals surface area contributed by atoms with E-state index in [1.54, 1.807) is 11.3 Å². The fourth-order valence-corrected chi connectivity index (χ4v) is 3.96. The van der Waals surface area contributed by atoms with Crippen molar-refractivity contribution >= 4 is 21.6 Å². The van der Waals surface area contributed by atoms with Gasteiger partial charge < -0.3 is 8.83 Å². The molecule has 1 aromatic carbocycles. The molecule has 0 saturated carbocycles. The zero-order valence-corrected chi connectivity index (χ0v) is 16.0. The Hall–Kier alpha value is -2.51. The molecule has 4 aromatic rings. The number of fused-ring (bicyclic) bond motifs is 1. The van der Waals surface area contributed by atoms with Crippen LogP contribution in [0.15, 0.2) is 39.2 Å². The quantitative estimate of drug-likeness (QED) is 0.506. The van der Waals surface area contributed by atoms with Crippen molar-refractivity contribution in [1.82, 2.24) is 20.1 Å². The van der Waals surface area contributed by atoms with Crippen molar-refractivity contribution in [3.63, 3.8) is 0 Å². The highest BCUT2D eigenvalue weighted by atomic mass is 32.1. The van der Waals surface area contributed by atoms with E-state index >= 15 is 0 Å². The molecule has 26 heavy (non-hydrogen) atoms. The number of hydrogen-bond donors (Lipinski definition) is 0. The summed E-state index contributed by atoms with van der Waals surface area (Å²) in [5.74, 6) is 2.69. The van der Waals surface area contributed by atoms with Gasteiger partial charge in [-0.2, -0.15) is 0 Å². The summed E-state index contributed by atoms with van der Waals surface area (Å²) < 4.78 is 12.6. The molecule has 7 heteroatoms. The first-order valence-electron chi connectivity index (χ1n) is 8.47. The van der Waals surface area contributed by atoms with Crippen LogP contribution in [-0.2, 0) is 6.54 Å². The van der Waals surface area contributed by atoms with Crippen molar-refractivity contribution in [2.75, 3.05) is 7.05 Å². The molecule has 0 fully saturated rings. The standard InChI is InChI=1S/C19H20N4O2S/c1-11-9-14(13(3)24-11)18-22-21-17(25-18)10-23(4)12(2)19-20-15-7-5-6-8-16(15)26-19/h5-9,12H,10H2,1-4H3/t12-/m1/s1. The van der Waals surface area contributed by atoms with Gasteiger partial charge in [0.2, 0.25) is 5.89 Å². The fraction of sp³-hybridized carbons (Fsp3) is 0.316. The van der Waals surface area contributed by atoms with E-state index in [9.17, 15) is 0 Å². The van der Waals surface area contributed by atoms with Gasteiger partial charge >= 0.3 is 0 Å². The SMILES string of the molecule is Cc1cc(-c2nnc(CN(C)[C@H](C)c3nc4ccccc4s3)o2)c(C)o1. The summed E-state index contributed by atoms with van der Waals surface area (Å²) in [7, 11) is 2.04. The maximum atomic E-state index is 5.84. The van der Waals surface area contributed by atoms with Gasteiger partial charge in [-0.3, -0.25) is 4.90 Å². The molecule has 0 amide bonds. The van der Waals surface area contributed by atoms with E-state index < -0.39 is 0 Å². The van der Waals surface area contributed by atoms with Gasteiger partial charge in [0.25, 0.3) is 5.89 Å². The molecule has 0 unspecified atom stereocenters. The van der Waals surface area contributed by atoms with Crippen LogP contribution in [0.5, 0.6) is 0 Å². The van der Waals surface area contributed by atoms with Crippen molar-refractivity contribution in [2.24, 2.45) is 0 Å². The summed E-state index contributed by atoms with van der Waals surface area (Å²) in [6.07, 6.45) is 0. The Balaban J connectivity index is 1.51. The Kier molecular flexibility index (Phi) is 4.34. The highest BCUT2D eigenvalue weighted by Gasteiger charge is 2.20. The average molecular weight is 368 g/mol. The van der Waals surface area contributed by atoms with E-state index in [1.807, 2.05) is 45.2 Å². The monoisotopic (exact) mass is 368 g/mol. The Morgan fingerprint density at radius 2 is 1.96 bits per heavy atom. The predicted molar refractivity (Wildman–Crippen MR) is 101 cm³/mol. The number of furan rings is 1. The van der Waals surface area contributed by atoms with Crippen molar-refractivity contribution in [1.29, 1.82) is 0 Å². The molecule has 0 bridgehead atoms. The minimum absolute atomic E-state index is 0.153. The zero-order chi connectivity index (χ0) is 18.3. The van der Waals surface area contributed by atoms with Gasteiger partial charge in [0, 0.05) is 0 Å². The van der Waals surface area contributed by atoms with Gasteiger partial charge in [0.1, 0.15) is 16.5 Å². The molecule has 0 spiro atoms. The summed E-state index contributed by atoms with van der Waals surface area (Å²) in [5, 5.41) is 9.43. The molecule has 0 aliphatic rings. The van der Waals surface area contributed by atoms with Crippen LogP contribution < -0.4 is 0 Å². The van der Waals surface area contributed by atoms with Crippen LogP contribution >= 0.6 is 11.3 Å². The van der Waals surface area contributed by atoms with Crippen molar-refractivity contribution in [2.45, 2.75) is 33.4 Å². The number of rotatable bonds is 5. The number of benzene rings is 1. The first-order chi connectivity index (χ1) is 12.5. The Bertz CT molecular complexity index is 1020. The molecule has 0 aliphatic heterocycles. The van der Waals surface area contributed by atoms with Gasteiger partial charge in [0.05, 0.1) is 28.4 Å². The lowest BCUT2D eigenvalue weighted by Crippen LogP contribution is -2.22. The van der Waals surface area contributed by atoms with Gasteiger partial charge in [-0.15, -0.1) is 21.5 Å². The second kappa shape index (κ2) is 6.66. The number of aryl methyl sites for hydroxylation is 2. The number of thiazole rings is 1. The lowest BCUT2D eigenvalue weighted by molar-refractivity contribution is 0.228. The fourth-order valence-electron chi connectivity index (χ4n) is 2.88. The molecular weight excluding hydrogens is 348 g/mol. The van der Waals surface area contributed by atoms with Gasteiger partial charge in [0.15, 0.2) is 0 Å². The summed E-state index contributed by atoms with van der Waals surface area (Å²) >= 11 is 1.72. The third-order valence-electron chi connectivity index (χ3n) is 4.45. The molecule has 0 saturated heterocycles. The molecule has 3 heterocycles. The first-order valence-corrected chi connectivity index (χ1v) is 9.28. The minimum Gasteiger partial charge on any atom is -0.466 e. The maximum Gasteiger partial charge on any atom is 0.251 e. The smallest absolute Gasteiger partial charge is 0.251 e. The van der Waals surface area contributed by atoms with Crippen LogP contribution in [0.25, 0.3) is 21.7 Å². The largest absolute Gasteiger partial charge is 0.466 e. The lowest BCUT2D eigenvalue weighted by Gasteiger charge is -2.20. The number of nitrogens with zero attached hydrogens (tertiary/aromatic N) is 4. The van der Waals surface area contributed by atoms with E-state index in [4.69, 9.17) is 13.8 Å². The van der Waals surface area contributed by atoms with Gasteiger partial charge in [-0.25, -0.2) is 4.98 Å². The van der Waals surface area contributed by atoms with Crippen molar-refractivity contribution < 1.29 is 8.83 Å². The van der Waals surface area contributed by atoms with Crippen LogP contribution in [0.3, 0.4) is 0 Å². The van der Waals surface area contributed by atoms with Crippen LogP contribution in [-0.4, -0.2) is 27.1 Å². The lowest BCUT2D eigenvalue weighted by atomic mass is 10.2. The normalized spacial score (nSPS) is 13.0. The van der Waals surface area contributed by atoms with E-state index in [-0.39, 0.29) is 6.04 Å². The molecule has 4 rings (SSSR count). The second-order valence-electron chi connectivity index (χ2n) is 6.44. The molecule has 0 radical (unpaired) electrons. The third-order valence-corrected chi connectivity index (χ3v) is 5.66. The van der Waals surface area contributed by atoms with E-state index in [0.717, 1.165) is 27.6 Å². The van der Waals surface area contributed by atoms with Crippen LogP contribution in [0, 0.1) is 13.8 Å². The zero-order valence-electron chi connectivity index (χ0n) is 15.2. The number of para-hydroxylation sites is 1. The maximum absolute atomic E-state index is 5.84. The highest BCUT2D eigenvalue weighted by molar-refractivity contribution is 7.18. The minimum atomic E-state index is 0.153. The summed E-state index contributed by atoms with van der Waals surface area (Å²) in [4.78, 5) is 6.90. The summed E-state index contributed by atoms with van der Waals surface area (Å²) in [6, 6.07) is 10.3. The Morgan fingerprint density at radius 1 is 1.15 bits per heavy atom. The Morgan fingerprint density at radius 3 is 2.69 bits per heavy atom. The van der Waals surface area contributed by atoms with E-state index in [1.165, 1.54) is 4.70 Å². The summed E-state index contributed by atoms with van der Waals surface area (Å²) in [5.41, 5.74) is 1.89. The molecule has 134 valence electrons. The number of aromatic nitrogens is 3. The van der Waals surface area contributed by atoms with Crippen molar-refractivity contribution in [3.8, 4) is 11.5 Å². The third kappa shape index (κ3) is 3.15. The molecule has 0 N–H and O–H groups in total. The molecule has 3 aromatic heterocycles. The number of hydrogen-bond acceptors (Lipinski definition) is 7. The Labute approximate surface area is 155 Å². The molecule has 6 nitrogen and oxygen atoms in total. The molecule has 0 aliphatic carbocycles. The van der Waals surface area contributed by atoms with Crippen LogP contribution in [0.2, 0.25) is 0 Å². The average Bonchev–Trinajstić information content (AvgIpc) is 3.32. The van der Waals surface area contributed by atoms with E-state index in [0.29, 0.717) is 18.3 Å².